The van der Waals surface area contributed by atoms with Gasteiger partial charge >= 0.3 is 12.1 Å². The molecule has 36 heavy (non-hydrogen) atoms. The molecule has 1 N–H and O–H groups in total. The minimum Gasteiger partial charge on any atom is -0.480 e. The summed E-state index contributed by atoms with van der Waals surface area (Å²) in [5.74, 6) is -1.35. The normalized spacial score (nSPS) is 21.2. The molecule has 8 nitrogen and oxygen atoms in total. The van der Waals surface area contributed by atoms with E-state index in [9.17, 15) is 14.7 Å². The highest BCUT2D eigenvalue weighted by atomic mass is 16.7. The molecule has 4 atom stereocenters. The van der Waals surface area contributed by atoms with Crippen LogP contribution in [0, 0.1) is 0 Å². The zero-order valence-corrected chi connectivity index (χ0v) is 21.4. The van der Waals surface area contributed by atoms with Gasteiger partial charge in [0.25, 0.3) is 0 Å². The standard InChI is InChI=1S/C28H37NO7/c1-5-11-21-20(6-2)24(23-13-8-7-12-22(21)23)17-35-28(32)29(4)25(27(30)31)18-33-16-19(3)36-26-14-9-10-15-34-26/h5-8,11-13,19,24-26H,2,9-10,14-18H2,1,3-4H3,(H,30,31)/b11-5-/t19-,24?,25+,26?/m1/s1. The van der Waals surface area contributed by atoms with Gasteiger partial charge in [0.15, 0.2) is 12.3 Å². The molecule has 0 saturated carbocycles. The topological polar surface area (TPSA) is 94.5 Å². The molecule has 1 saturated heterocycles. The van der Waals surface area contributed by atoms with Crippen LogP contribution in [-0.2, 0) is 23.7 Å². The number of carboxylic acid groups (broad SMARTS) is 1. The van der Waals surface area contributed by atoms with Crippen molar-refractivity contribution in [2.24, 2.45) is 0 Å². The summed E-state index contributed by atoms with van der Waals surface area (Å²) >= 11 is 0. The maximum Gasteiger partial charge on any atom is 0.410 e. The summed E-state index contributed by atoms with van der Waals surface area (Å²) in [6.07, 6.45) is 7.43. The number of carbonyl (C=O) groups excluding carboxylic acids is 1. The molecule has 1 aliphatic carbocycles. The Bertz CT molecular complexity index is 980. The molecule has 1 heterocycles. The quantitative estimate of drug-likeness (QED) is 0.443. The second-order valence-electron chi connectivity index (χ2n) is 9.04. The molecule has 8 heteroatoms. The highest BCUT2D eigenvalue weighted by Gasteiger charge is 2.32. The lowest BCUT2D eigenvalue weighted by atomic mass is 9.96. The van der Waals surface area contributed by atoms with E-state index < -0.39 is 18.1 Å². The third kappa shape index (κ3) is 6.84. The lowest BCUT2D eigenvalue weighted by Gasteiger charge is -2.27. The van der Waals surface area contributed by atoms with Gasteiger partial charge < -0.3 is 24.1 Å². The maximum absolute atomic E-state index is 12.8. The number of rotatable bonds is 12. The van der Waals surface area contributed by atoms with Crippen molar-refractivity contribution >= 4 is 17.6 Å². The first kappa shape index (κ1) is 27.6. The van der Waals surface area contributed by atoms with Crippen molar-refractivity contribution in [3.05, 3.63) is 65.8 Å². The van der Waals surface area contributed by atoms with Crippen LogP contribution in [0.1, 0.15) is 50.2 Å². The van der Waals surface area contributed by atoms with Gasteiger partial charge in [-0.1, -0.05) is 49.1 Å². The van der Waals surface area contributed by atoms with E-state index in [1.165, 1.54) is 7.05 Å². The summed E-state index contributed by atoms with van der Waals surface area (Å²) in [7, 11) is 1.40. The highest BCUT2D eigenvalue weighted by molar-refractivity contribution is 5.86. The van der Waals surface area contributed by atoms with Crippen LogP contribution in [0.3, 0.4) is 0 Å². The van der Waals surface area contributed by atoms with E-state index in [0.717, 1.165) is 46.4 Å². The minimum atomic E-state index is -1.19. The number of benzene rings is 1. The smallest absolute Gasteiger partial charge is 0.410 e. The predicted molar refractivity (Wildman–Crippen MR) is 137 cm³/mol. The van der Waals surface area contributed by atoms with Gasteiger partial charge in [-0.05, 0) is 55.4 Å². The van der Waals surface area contributed by atoms with Gasteiger partial charge in [-0.25, -0.2) is 9.59 Å². The van der Waals surface area contributed by atoms with E-state index in [1.54, 1.807) is 6.08 Å². The zero-order chi connectivity index (χ0) is 26.1. The molecule has 2 aliphatic rings. The first-order valence-corrected chi connectivity index (χ1v) is 12.4. The van der Waals surface area contributed by atoms with Crippen LogP contribution in [0.2, 0.25) is 0 Å². The largest absolute Gasteiger partial charge is 0.480 e. The second-order valence-corrected chi connectivity index (χ2v) is 9.04. The van der Waals surface area contributed by atoms with Crippen molar-refractivity contribution in [1.82, 2.24) is 4.90 Å². The lowest BCUT2D eigenvalue weighted by Crippen LogP contribution is -2.46. The van der Waals surface area contributed by atoms with E-state index in [4.69, 9.17) is 18.9 Å². The molecule has 3 rings (SSSR count). The number of likely N-dealkylation sites (N-methyl/N-ethyl adjacent to an activating group) is 1. The van der Waals surface area contributed by atoms with E-state index >= 15 is 0 Å². The Morgan fingerprint density at radius 3 is 2.72 bits per heavy atom. The van der Waals surface area contributed by atoms with E-state index in [0.29, 0.717) is 6.61 Å². The van der Waals surface area contributed by atoms with Gasteiger partial charge in [0.05, 0.1) is 19.3 Å². The van der Waals surface area contributed by atoms with Gasteiger partial charge in [0.2, 0.25) is 0 Å². The number of carbonyl (C=O) groups is 2. The van der Waals surface area contributed by atoms with Crippen LogP contribution in [0.4, 0.5) is 4.79 Å². The van der Waals surface area contributed by atoms with E-state index in [-0.39, 0.29) is 38.1 Å². The molecule has 1 amide bonds. The molecule has 0 spiro atoms. The average molecular weight is 500 g/mol. The van der Waals surface area contributed by atoms with Gasteiger partial charge in [-0.15, -0.1) is 0 Å². The summed E-state index contributed by atoms with van der Waals surface area (Å²) in [6.45, 7) is 8.50. The molecular formula is C28H37NO7. The van der Waals surface area contributed by atoms with Crippen molar-refractivity contribution in [3.8, 4) is 0 Å². The Hall–Kier alpha value is -2.94. The van der Waals surface area contributed by atoms with Crippen molar-refractivity contribution < 1.29 is 33.6 Å². The van der Waals surface area contributed by atoms with Crippen LogP contribution in [-0.4, -0.2) is 74.0 Å². The number of amides is 1. The number of aliphatic carboxylic acids is 1. The Kier molecular flexibility index (Phi) is 10.3. The molecule has 2 unspecified atom stereocenters. The van der Waals surface area contributed by atoms with Crippen LogP contribution in [0.25, 0.3) is 5.57 Å². The molecule has 0 aromatic heterocycles. The van der Waals surface area contributed by atoms with E-state index in [1.807, 2.05) is 50.3 Å². The summed E-state index contributed by atoms with van der Waals surface area (Å²) in [5.41, 5.74) is 4.14. The van der Waals surface area contributed by atoms with Crippen LogP contribution >= 0.6 is 0 Å². The summed E-state index contributed by atoms with van der Waals surface area (Å²) < 4.78 is 22.5. The first-order valence-electron chi connectivity index (χ1n) is 12.4. The number of hydrogen-bond donors (Lipinski definition) is 1. The molecule has 1 aliphatic heterocycles. The van der Waals surface area contributed by atoms with Gasteiger partial charge in [0, 0.05) is 19.6 Å². The highest BCUT2D eigenvalue weighted by Crippen LogP contribution is 2.43. The summed E-state index contributed by atoms with van der Waals surface area (Å²) in [6, 6.07) is 6.76. The SMILES string of the molecule is C=CC1=C(/C=C\C)c2ccccc2C1COC(=O)N(C)[C@@H](COC[C@@H](C)OC1CCCCO1)C(=O)O. The zero-order valence-electron chi connectivity index (χ0n) is 21.4. The molecule has 1 fully saturated rings. The van der Waals surface area contributed by atoms with Gasteiger partial charge in [-0.2, -0.15) is 0 Å². The molecule has 1 aromatic carbocycles. The Balaban J connectivity index is 1.56. The molecule has 1 aromatic rings. The number of ether oxygens (including phenoxy) is 4. The van der Waals surface area contributed by atoms with Crippen molar-refractivity contribution in [2.75, 3.05) is 33.5 Å². The Labute approximate surface area is 213 Å². The fourth-order valence-corrected chi connectivity index (χ4v) is 4.54. The minimum absolute atomic E-state index is 0.0715. The Morgan fingerprint density at radius 1 is 1.28 bits per heavy atom. The fourth-order valence-electron chi connectivity index (χ4n) is 4.54. The summed E-state index contributed by atoms with van der Waals surface area (Å²) in [5, 5.41) is 9.69. The van der Waals surface area contributed by atoms with Crippen LogP contribution in [0.15, 0.2) is 54.6 Å². The van der Waals surface area contributed by atoms with Gasteiger partial charge in [-0.3, -0.25) is 4.90 Å². The number of nitrogens with zero attached hydrogens (tertiary/aromatic N) is 1. The number of allylic oxidation sites excluding steroid dienone is 4. The average Bonchev–Trinajstić information content (AvgIpc) is 3.17. The lowest BCUT2D eigenvalue weighted by molar-refractivity contribution is -0.194. The van der Waals surface area contributed by atoms with Crippen molar-refractivity contribution in [3.63, 3.8) is 0 Å². The summed E-state index contributed by atoms with van der Waals surface area (Å²) in [4.78, 5) is 25.7. The third-order valence-corrected chi connectivity index (χ3v) is 6.43. The maximum atomic E-state index is 12.8. The predicted octanol–water partition coefficient (Wildman–Crippen LogP) is 4.77. The number of fused-ring (bicyclic) bond motifs is 1. The third-order valence-electron chi connectivity index (χ3n) is 6.43. The monoisotopic (exact) mass is 499 g/mol. The van der Waals surface area contributed by atoms with Gasteiger partial charge in [0.1, 0.15) is 6.61 Å². The molecule has 0 bridgehead atoms. The first-order chi connectivity index (χ1) is 17.4. The molecule has 196 valence electrons. The second kappa shape index (κ2) is 13.4. The fraction of sp³-hybridized carbons (Fsp3) is 0.500. The van der Waals surface area contributed by atoms with E-state index in [2.05, 4.69) is 6.58 Å². The number of hydrogen-bond acceptors (Lipinski definition) is 6. The molecule has 0 radical (unpaired) electrons. The number of carboxylic acids is 1. The van der Waals surface area contributed by atoms with Crippen molar-refractivity contribution in [2.45, 2.75) is 57.5 Å². The van der Waals surface area contributed by atoms with Crippen LogP contribution < -0.4 is 0 Å². The molecular weight excluding hydrogens is 462 g/mol. The Morgan fingerprint density at radius 2 is 2.06 bits per heavy atom. The van der Waals surface area contributed by atoms with Crippen molar-refractivity contribution in [1.29, 1.82) is 0 Å². The van der Waals surface area contributed by atoms with Crippen LogP contribution in [0.5, 0.6) is 0 Å².